The maximum atomic E-state index is 12.1. The molecule has 2 aromatic rings. The third kappa shape index (κ3) is 4.32. The van der Waals surface area contributed by atoms with E-state index in [1.807, 2.05) is 37.3 Å². The van der Waals surface area contributed by atoms with Crippen molar-refractivity contribution in [3.63, 3.8) is 0 Å². The second kappa shape index (κ2) is 6.90. The second-order valence-corrected chi connectivity index (χ2v) is 4.85. The van der Waals surface area contributed by atoms with Gasteiger partial charge in [-0.15, -0.1) is 0 Å². The minimum absolute atomic E-state index is 0.199. The number of rotatable bonds is 5. The molecule has 0 spiro atoms. The molecule has 0 aliphatic rings. The first-order valence-electron chi connectivity index (χ1n) is 6.60. The molecule has 6 heteroatoms. The maximum absolute atomic E-state index is 12.1. The molecule has 0 aliphatic heterocycles. The Morgan fingerprint density at radius 1 is 1.38 bits per heavy atom. The number of urea groups is 1. The molecule has 6 nitrogen and oxygen atoms in total. The van der Waals surface area contributed by atoms with Gasteiger partial charge in [0.25, 0.3) is 0 Å². The summed E-state index contributed by atoms with van der Waals surface area (Å²) in [5.74, 6) is 0.729. The van der Waals surface area contributed by atoms with Crippen molar-refractivity contribution in [3.8, 4) is 0 Å². The lowest BCUT2D eigenvalue weighted by molar-refractivity contribution is 0.185. The predicted molar refractivity (Wildman–Crippen MR) is 78.9 cm³/mol. The van der Waals surface area contributed by atoms with E-state index in [0.717, 1.165) is 22.7 Å². The van der Waals surface area contributed by atoms with Gasteiger partial charge >= 0.3 is 6.03 Å². The highest BCUT2D eigenvalue weighted by atomic mass is 16.5. The van der Waals surface area contributed by atoms with Gasteiger partial charge in [0.05, 0.1) is 13.2 Å². The smallest absolute Gasteiger partial charge is 0.321 e. The minimum Gasteiger partial charge on any atom is -0.380 e. The van der Waals surface area contributed by atoms with E-state index >= 15 is 0 Å². The van der Waals surface area contributed by atoms with Gasteiger partial charge in [0.1, 0.15) is 11.5 Å². The third-order valence-corrected chi connectivity index (χ3v) is 2.94. The quantitative estimate of drug-likeness (QED) is 0.919. The number of hydrogen-bond donors (Lipinski definition) is 1. The van der Waals surface area contributed by atoms with Gasteiger partial charge in [-0.05, 0) is 24.6 Å². The van der Waals surface area contributed by atoms with E-state index in [2.05, 4.69) is 10.5 Å². The van der Waals surface area contributed by atoms with Gasteiger partial charge in [0.15, 0.2) is 0 Å². The van der Waals surface area contributed by atoms with E-state index in [1.165, 1.54) is 0 Å². The van der Waals surface area contributed by atoms with Crippen molar-refractivity contribution in [2.24, 2.45) is 0 Å². The zero-order chi connectivity index (χ0) is 15.2. The van der Waals surface area contributed by atoms with E-state index < -0.39 is 0 Å². The Bertz CT molecular complexity index is 592. The summed E-state index contributed by atoms with van der Waals surface area (Å²) in [6.45, 7) is 2.77. The third-order valence-electron chi connectivity index (χ3n) is 2.94. The van der Waals surface area contributed by atoms with Gasteiger partial charge in [-0.2, -0.15) is 0 Å². The van der Waals surface area contributed by atoms with Crippen molar-refractivity contribution in [1.29, 1.82) is 0 Å². The van der Waals surface area contributed by atoms with Crippen LogP contribution in [0.5, 0.6) is 0 Å². The van der Waals surface area contributed by atoms with E-state index in [-0.39, 0.29) is 6.03 Å². The Kier molecular flexibility index (Phi) is 4.94. The van der Waals surface area contributed by atoms with Crippen molar-refractivity contribution in [1.82, 2.24) is 10.1 Å². The average Bonchev–Trinajstić information content (AvgIpc) is 2.86. The van der Waals surface area contributed by atoms with Gasteiger partial charge in [-0.1, -0.05) is 17.3 Å². The molecule has 0 radical (unpaired) electrons. The largest absolute Gasteiger partial charge is 0.380 e. The van der Waals surface area contributed by atoms with Crippen molar-refractivity contribution in [2.75, 3.05) is 19.5 Å². The van der Waals surface area contributed by atoms with Crippen LogP contribution in [0, 0.1) is 6.92 Å². The van der Waals surface area contributed by atoms with Crippen molar-refractivity contribution < 1.29 is 14.1 Å². The molecule has 21 heavy (non-hydrogen) atoms. The van der Waals surface area contributed by atoms with Gasteiger partial charge in [0.2, 0.25) is 0 Å². The number of hydrogen-bond acceptors (Lipinski definition) is 4. The number of methoxy groups -OCH3 is 1. The molecule has 112 valence electrons. The zero-order valence-corrected chi connectivity index (χ0v) is 12.4. The number of amides is 2. The molecule has 0 saturated heterocycles. The summed E-state index contributed by atoms with van der Waals surface area (Å²) >= 11 is 0. The normalized spacial score (nSPS) is 10.4. The SMILES string of the molecule is COCc1ccc(NC(=O)N(C)Cc2cc(C)on2)cc1. The zero-order valence-electron chi connectivity index (χ0n) is 12.4. The Balaban J connectivity index is 1.90. The van der Waals surface area contributed by atoms with Crippen LogP contribution in [0.15, 0.2) is 34.9 Å². The average molecular weight is 289 g/mol. The monoisotopic (exact) mass is 289 g/mol. The first kappa shape index (κ1) is 15.1. The summed E-state index contributed by atoms with van der Waals surface area (Å²) < 4.78 is 10.0. The number of benzene rings is 1. The van der Waals surface area contributed by atoms with Gasteiger partial charge in [0, 0.05) is 25.9 Å². The van der Waals surface area contributed by atoms with E-state index in [0.29, 0.717) is 13.2 Å². The number of aromatic nitrogens is 1. The van der Waals surface area contributed by atoms with Crippen LogP contribution in [0.1, 0.15) is 17.0 Å². The highest BCUT2D eigenvalue weighted by Crippen LogP contribution is 2.12. The number of carbonyl (C=O) groups is 1. The van der Waals surface area contributed by atoms with Crippen molar-refractivity contribution in [2.45, 2.75) is 20.1 Å². The first-order valence-corrected chi connectivity index (χ1v) is 6.60. The van der Waals surface area contributed by atoms with Crippen LogP contribution in [0.2, 0.25) is 0 Å². The molecule has 0 aliphatic carbocycles. The molecular formula is C15H19N3O3. The number of nitrogens with zero attached hydrogens (tertiary/aromatic N) is 2. The van der Waals surface area contributed by atoms with Gasteiger partial charge in [-0.25, -0.2) is 4.79 Å². The predicted octanol–water partition coefficient (Wildman–Crippen LogP) is 2.79. The molecular weight excluding hydrogens is 270 g/mol. The van der Waals surface area contributed by atoms with E-state index in [9.17, 15) is 4.79 Å². The molecule has 1 heterocycles. The number of anilines is 1. The highest BCUT2D eigenvalue weighted by Gasteiger charge is 2.11. The van der Waals surface area contributed by atoms with Crippen LogP contribution < -0.4 is 5.32 Å². The summed E-state index contributed by atoms with van der Waals surface area (Å²) in [6, 6.07) is 9.14. The molecule has 2 rings (SSSR count). The molecule has 2 amide bonds. The lowest BCUT2D eigenvalue weighted by Crippen LogP contribution is -2.30. The number of aryl methyl sites for hydroxylation is 1. The van der Waals surface area contributed by atoms with Crippen LogP contribution >= 0.6 is 0 Å². The molecule has 0 saturated carbocycles. The fourth-order valence-electron chi connectivity index (χ4n) is 1.88. The lowest BCUT2D eigenvalue weighted by Gasteiger charge is -2.16. The topological polar surface area (TPSA) is 67.6 Å². The number of carbonyl (C=O) groups excluding carboxylic acids is 1. The number of nitrogens with one attached hydrogen (secondary N) is 1. The summed E-state index contributed by atoms with van der Waals surface area (Å²) in [6.07, 6.45) is 0. The first-order chi connectivity index (χ1) is 10.1. The minimum atomic E-state index is -0.199. The second-order valence-electron chi connectivity index (χ2n) is 4.85. The summed E-state index contributed by atoms with van der Waals surface area (Å²) in [4.78, 5) is 13.6. The van der Waals surface area contributed by atoms with Crippen LogP contribution in [0.25, 0.3) is 0 Å². The molecule has 0 unspecified atom stereocenters. The fourth-order valence-corrected chi connectivity index (χ4v) is 1.88. The van der Waals surface area contributed by atoms with Gasteiger partial charge in [-0.3, -0.25) is 0 Å². The molecule has 0 atom stereocenters. The molecule has 1 aromatic heterocycles. The Morgan fingerprint density at radius 3 is 2.67 bits per heavy atom. The van der Waals surface area contributed by atoms with Crippen LogP contribution in [-0.4, -0.2) is 30.2 Å². The Hall–Kier alpha value is -2.34. The van der Waals surface area contributed by atoms with Gasteiger partial charge < -0.3 is 19.5 Å². The fraction of sp³-hybridized carbons (Fsp3) is 0.333. The highest BCUT2D eigenvalue weighted by molar-refractivity contribution is 5.89. The molecule has 1 N–H and O–H groups in total. The summed E-state index contributed by atoms with van der Waals surface area (Å²) in [7, 11) is 3.36. The van der Waals surface area contributed by atoms with Crippen LogP contribution in [-0.2, 0) is 17.9 Å². The van der Waals surface area contributed by atoms with E-state index in [4.69, 9.17) is 9.26 Å². The summed E-state index contributed by atoms with van der Waals surface area (Å²) in [5, 5.41) is 6.69. The van der Waals surface area contributed by atoms with Crippen molar-refractivity contribution in [3.05, 3.63) is 47.3 Å². The Labute approximate surface area is 123 Å². The van der Waals surface area contributed by atoms with E-state index in [1.54, 1.807) is 19.1 Å². The van der Waals surface area contributed by atoms with Crippen LogP contribution in [0.4, 0.5) is 10.5 Å². The standard InChI is InChI=1S/C15H19N3O3/c1-11-8-14(17-21-11)9-18(2)15(19)16-13-6-4-12(5-7-13)10-20-3/h4-8H,9-10H2,1-3H3,(H,16,19). The number of ether oxygens (including phenoxy) is 1. The molecule has 0 bridgehead atoms. The van der Waals surface area contributed by atoms with Crippen molar-refractivity contribution >= 4 is 11.7 Å². The summed E-state index contributed by atoms with van der Waals surface area (Å²) in [5.41, 5.74) is 2.52. The Morgan fingerprint density at radius 2 is 2.10 bits per heavy atom. The maximum Gasteiger partial charge on any atom is 0.321 e. The lowest BCUT2D eigenvalue weighted by atomic mass is 10.2. The molecule has 0 fully saturated rings. The molecule has 1 aromatic carbocycles. The van der Waals surface area contributed by atoms with Crippen LogP contribution in [0.3, 0.4) is 0 Å².